The van der Waals surface area contributed by atoms with Gasteiger partial charge in [0.15, 0.2) is 0 Å². The summed E-state index contributed by atoms with van der Waals surface area (Å²) in [6, 6.07) is 5.75. The van der Waals surface area contributed by atoms with Crippen LogP contribution >= 0.6 is 0 Å². The van der Waals surface area contributed by atoms with Gasteiger partial charge in [-0.15, -0.1) is 0 Å². The van der Waals surface area contributed by atoms with Gasteiger partial charge in [-0.25, -0.2) is 4.39 Å². The lowest BCUT2D eigenvalue weighted by Gasteiger charge is -2.26. The molecule has 0 saturated heterocycles. The van der Waals surface area contributed by atoms with Crippen molar-refractivity contribution in [2.45, 2.75) is 39.3 Å². The number of aryl methyl sites for hydroxylation is 1. The Morgan fingerprint density at radius 2 is 2.00 bits per heavy atom. The molecule has 1 nitrogen and oxygen atoms in total. The van der Waals surface area contributed by atoms with E-state index in [1.165, 1.54) is 0 Å². The van der Waals surface area contributed by atoms with Crippen LogP contribution in [0.3, 0.4) is 0 Å². The van der Waals surface area contributed by atoms with E-state index in [1.54, 1.807) is 0 Å². The Hall–Kier alpha value is -0.890. The fourth-order valence-electron chi connectivity index (χ4n) is 1.98. The molecule has 0 spiro atoms. The molecule has 1 unspecified atom stereocenters. The second kappa shape index (κ2) is 4.75. The molecular weight excluding hydrogens is 189 g/mol. The number of halogens is 1. The normalized spacial score (nSPS) is 15.0. The lowest BCUT2D eigenvalue weighted by atomic mass is 9.86. The summed E-state index contributed by atoms with van der Waals surface area (Å²) in [6.45, 7) is 6.01. The van der Waals surface area contributed by atoms with Crippen LogP contribution in [0.1, 0.15) is 36.5 Å². The smallest absolute Gasteiger partial charge is 0.148 e. The largest absolute Gasteiger partial charge is 0.327 e. The van der Waals surface area contributed by atoms with Crippen molar-refractivity contribution >= 4 is 0 Å². The summed E-state index contributed by atoms with van der Waals surface area (Å²) in [5.74, 6) is 0. The molecule has 2 heteroatoms. The lowest BCUT2D eigenvalue weighted by Crippen LogP contribution is -2.31. The number of hydrogen-bond acceptors (Lipinski definition) is 1. The number of rotatable bonds is 4. The van der Waals surface area contributed by atoms with Crippen molar-refractivity contribution in [3.8, 4) is 0 Å². The number of nitrogens with two attached hydrogens (primary N) is 1. The fourth-order valence-corrected chi connectivity index (χ4v) is 1.98. The molecule has 15 heavy (non-hydrogen) atoms. The molecule has 1 aromatic rings. The second-order valence-corrected chi connectivity index (χ2v) is 4.17. The number of hydrogen-bond donors (Lipinski definition) is 1. The molecule has 1 atom stereocenters. The van der Waals surface area contributed by atoms with Crippen molar-refractivity contribution in [3.63, 3.8) is 0 Å². The molecule has 0 heterocycles. The first kappa shape index (κ1) is 12.2. The molecule has 0 saturated carbocycles. The van der Waals surface area contributed by atoms with Gasteiger partial charge in [-0.1, -0.05) is 31.5 Å². The molecule has 1 aromatic carbocycles. The van der Waals surface area contributed by atoms with Gasteiger partial charge in [0, 0.05) is 6.54 Å². The van der Waals surface area contributed by atoms with E-state index in [0.717, 1.165) is 23.1 Å². The van der Waals surface area contributed by atoms with Crippen molar-refractivity contribution < 1.29 is 4.39 Å². The van der Waals surface area contributed by atoms with E-state index in [1.807, 2.05) is 39.0 Å². The Balaban J connectivity index is 3.17. The summed E-state index contributed by atoms with van der Waals surface area (Å²) in [6.07, 6.45) is 1.30. The third kappa shape index (κ3) is 2.37. The Kier molecular flexibility index (Phi) is 3.86. The van der Waals surface area contributed by atoms with Gasteiger partial charge >= 0.3 is 0 Å². The van der Waals surface area contributed by atoms with Crippen molar-refractivity contribution in [2.24, 2.45) is 5.73 Å². The standard InChI is InChI=1S/C13H20FN/c1-4-8-13(14,9-15)12-7-5-6-10(2)11(12)3/h5-7H,4,8-9,15H2,1-3H3. The van der Waals surface area contributed by atoms with E-state index in [-0.39, 0.29) is 6.54 Å². The first-order valence-corrected chi connectivity index (χ1v) is 5.51. The van der Waals surface area contributed by atoms with Crippen molar-refractivity contribution in [1.29, 1.82) is 0 Å². The predicted molar refractivity (Wildman–Crippen MR) is 62.7 cm³/mol. The van der Waals surface area contributed by atoms with E-state index in [4.69, 9.17) is 5.73 Å². The van der Waals surface area contributed by atoms with Crippen LogP contribution in [0.2, 0.25) is 0 Å². The molecule has 84 valence electrons. The number of alkyl halides is 1. The minimum absolute atomic E-state index is 0.0606. The van der Waals surface area contributed by atoms with Crippen molar-refractivity contribution in [1.82, 2.24) is 0 Å². The summed E-state index contributed by atoms with van der Waals surface area (Å²) >= 11 is 0. The zero-order chi connectivity index (χ0) is 11.5. The predicted octanol–water partition coefficient (Wildman–Crippen LogP) is 3.23. The van der Waals surface area contributed by atoms with Gasteiger partial charge in [0.25, 0.3) is 0 Å². The summed E-state index contributed by atoms with van der Waals surface area (Å²) < 4.78 is 14.6. The Bertz CT molecular complexity index is 335. The highest BCUT2D eigenvalue weighted by molar-refractivity contribution is 5.37. The van der Waals surface area contributed by atoms with Crippen LogP contribution < -0.4 is 5.73 Å². The van der Waals surface area contributed by atoms with Crippen molar-refractivity contribution in [3.05, 3.63) is 34.9 Å². The Labute approximate surface area is 91.5 Å². The molecule has 0 aromatic heterocycles. The van der Waals surface area contributed by atoms with Gasteiger partial charge in [0.05, 0.1) is 0 Å². The molecule has 0 fully saturated rings. The minimum atomic E-state index is -1.36. The van der Waals surface area contributed by atoms with Crippen LogP contribution in [0.15, 0.2) is 18.2 Å². The average molecular weight is 209 g/mol. The third-order valence-corrected chi connectivity index (χ3v) is 3.06. The van der Waals surface area contributed by atoms with E-state index >= 15 is 0 Å². The minimum Gasteiger partial charge on any atom is -0.327 e. The monoisotopic (exact) mass is 209 g/mol. The van der Waals surface area contributed by atoms with E-state index in [2.05, 4.69) is 0 Å². The lowest BCUT2D eigenvalue weighted by molar-refractivity contribution is 0.158. The highest BCUT2D eigenvalue weighted by Gasteiger charge is 2.30. The summed E-state index contributed by atoms with van der Waals surface area (Å²) in [5.41, 5.74) is 7.12. The molecular formula is C13H20FN. The van der Waals surface area contributed by atoms with E-state index in [9.17, 15) is 4.39 Å². The van der Waals surface area contributed by atoms with Gasteiger partial charge in [-0.2, -0.15) is 0 Å². The Morgan fingerprint density at radius 3 is 2.53 bits per heavy atom. The molecule has 0 aliphatic carbocycles. The quantitative estimate of drug-likeness (QED) is 0.809. The van der Waals surface area contributed by atoms with Gasteiger partial charge in [-0.05, 0) is 37.0 Å². The second-order valence-electron chi connectivity index (χ2n) is 4.17. The molecule has 0 aliphatic rings. The van der Waals surface area contributed by atoms with E-state index < -0.39 is 5.67 Å². The first-order chi connectivity index (χ1) is 7.05. The zero-order valence-corrected chi connectivity index (χ0v) is 9.81. The molecule has 0 radical (unpaired) electrons. The van der Waals surface area contributed by atoms with Crippen LogP contribution in [0.5, 0.6) is 0 Å². The van der Waals surface area contributed by atoms with Gasteiger partial charge in [-0.3, -0.25) is 0 Å². The Morgan fingerprint density at radius 1 is 1.33 bits per heavy atom. The topological polar surface area (TPSA) is 26.0 Å². The third-order valence-electron chi connectivity index (χ3n) is 3.06. The van der Waals surface area contributed by atoms with Crippen LogP contribution in [-0.2, 0) is 5.67 Å². The summed E-state index contributed by atoms with van der Waals surface area (Å²) in [5, 5.41) is 0. The first-order valence-electron chi connectivity index (χ1n) is 5.51. The maximum Gasteiger partial charge on any atom is 0.148 e. The van der Waals surface area contributed by atoms with Gasteiger partial charge in [0.2, 0.25) is 0 Å². The molecule has 1 rings (SSSR count). The molecule has 0 amide bonds. The zero-order valence-electron chi connectivity index (χ0n) is 9.81. The van der Waals surface area contributed by atoms with Crippen LogP contribution in [0, 0.1) is 13.8 Å². The average Bonchev–Trinajstić information content (AvgIpc) is 2.22. The SMILES string of the molecule is CCCC(F)(CN)c1cccc(C)c1C. The van der Waals surface area contributed by atoms with Crippen LogP contribution in [0.4, 0.5) is 4.39 Å². The molecule has 2 N–H and O–H groups in total. The van der Waals surface area contributed by atoms with Crippen LogP contribution in [-0.4, -0.2) is 6.54 Å². The summed E-state index contributed by atoms with van der Waals surface area (Å²) in [7, 11) is 0. The summed E-state index contributed by atoms with van der Waals surface area (Å²) in [4.78, 5) is 0. The highest BCUT2D eigenvalue weighted by atomic mass is 19.1. The van der Waals surface area contributed by atoms with Gasteiger partial charge < -0.3 is 5.73 Å². The fraction of sp³-hybridized carbons (Fsp3) is 0.538. The van der Waals surface area contributed by atoms with Gasteiger partial charge in [0.1, 0.15) is 5.67 Å². The highest BCUT2D eigenvalue weighted by Crippen LogP contribution is 2.33. The molecule has 0 bridgehead atoms. The van der Waals surface area contributed by atoms with Crippen LogP contribution in [0.25, 0.3) is 0 Å². The van der Waals surface area contributed by atoms with Crippen molar-refractivity contribution in [2.75, 3.05) is 6.54 Å². The molecule has 0 aliphatic heterocycles. The maximum absolute atomic E-state index is 14.6. The number of benzene rings is 1. The van der Waals surface area contributed by atoms with E-state index in [0.29, 0.717) is 6.42 Å². The maximum atomic E-state index is 14.6.